The van der Waals surface area contributed by atoms with E-state index in [2.05, 4.69) is 24.3 Å². The molecule has 0 radical (unpaired) electrons. The molecule has 2 rings (SSSR count). The van der Waals surface area contributed by atoms with Gasteiger partial charge in [-0.1, -0.05) is 24.3 Å². The maximum absolute atomic E-state index is 13.2. The zero-order valence-corrected chi connectivity index (χ0v) is 11.6. The van der Waals surface area contributed by atoms with Gasteiger partial charge in [0, 0.05) is 0 Å². The van der Waals surface area contributed by atoms with Crippen LogP contribution in [0.3, 0.4) is 0 Å². The second kappa shape index (κ2) is 6.02. The molecular weight excluding hydrogens is 231 g/mol. The summed E-state index contributed by atoms with van der Waals surface area (Å²) in [4.78, 5) is 0. The second-order valence-corrected chi connectivity index (χ2v) is 7.79. The summed E-state index contributed by atoms with van der Waals surface area (Å²) in [5.74, 6) is 0. The first-order valence-corrected chi connectivity index (χ1v) is 8.61. The average Bonchev–Trinajstić information content (AvgIpc) is 2.41. The molecule has 0 aliphatic heterocycles. The molecule has 2 aliphatic rings. The van der Waals surface area contributed by atoms with Gasteiger partial charge in [0.15, 0.2) is 0 Å². The van der Waals surface area contributed by atoms with E-state index in [1.165, 1.54) is 0 Å². The minimum atomic E-state index is -2.54. The highest BCUT2D eigenvalue weighted by Crippen LogP contribution is 2.61. The van der Waals surface area contributed by atoms with Crippen molar-refractivity contribution in [2.24, 2.45) is 0 Å². The van der Waals surface area contributed by atoms with Gasteiger partial charge in [-0.05, 0) is 45.4 Å². The van der Waals surface area contributed by atoms with Crippen LogP contribution in [0.25, 0.3) is 0 Å². The van der Waals surface area contributed by atoms with Crippen molar-refractivity contribution in [3.8, 4) is 0 Å². The van der Waals surface area contributed by atoms with Crippen LogP contribution in [0.4, 0.5) is 0 Å². The molecule has 96 valence electrons. The standard InChI is InChI=1S/C14H23O2P/c1-2-16-17(15,13-9-5-3-6-10-13)14-11-7-4-8-12-14/h5,7,9,11,13-14H,2-4,6,8,10,12H2,1H3. The van der Waals surface area contributed by atoms with E-state index in [-0.39, 0.29) is 11.3 Å². The van der Waals surface area contributed by atoms with Gasteiger partial charge < -0.3 is 4.52 Å². The van der Waals surface area contributed by atoms with E-state index >= 15 is 0 Å². The van der Waals surface area contributed by atoms with Crippen molar-refractivity contribution < 1.29 is 9.09 Å². The van der Waals surface area contributed by atoms with Crippen LogP contribution >= 0.6 is 7.37 Å². The first-order valence-electron chi connectivity index (χ1n) is 6.84. The summed E-state index contributed by atoms with van der Waals surface area (Å²) in [5, 5.41) is 0. The van der Waals surface area contributed by atoms with Gasteiger partial charge in [0.25, 0.3) is 0 Å². The smallest absolute Gasteiger partial charge is 0.216 e. The number of allylic oxidation sites excluding steroid dienone is 4. The first kappa shape index (κ1) is 13.1. The highest BCUT2D eigenvalue weighted by atomic mass is 31.2. The second-order valence-electron chi connectivity index (χ2n) is 4.92. The fourth-order valence-corrected chi connectivity index (χ4v) is 5.91. The zero-order valence-electron chi connectivity index (χ0n) is 10.7. The summed E-state index contributed by atoms with van der Waals surface area (Å²) >= 11 is 0. The molecule has 2 atom stereocenters. The highest BCUT2D eigenvalue weighted by molar-refractivity contribution is 7.61. The molecule has 17 heavy (non-hydrogen) atoms. The van der Waals surface area contributed by atoms with Crippen molar-refractivity contribution in [3.05, 3.63) is 24.3 Å². The predicted molar refractivity (Wildman–Crippen MR) is 72.8 cm³/mol. The fraction of sp³-hybridized carbons (Fsp3) is 0.714. The molecule has 0 aromatic rings. The Labute approximate surface area is 105 Å². The Morgan fingerprint density at radius 1 is 1.12 bits per heavy atom. The molecule has 0 aromatic heterocycles. The third-order valence-electron chi connectivity index (χ3n) is 3.71. The van der Waals surface area contributed by atoms with Crippen LogP contribution in [-0.2, 0) is 9.09 Å². The molecule has 0 amide bonds. The monoisotopic (exact) mass is 254 g/mol. The largest absolute Gasteiger partial charge is 0.328 e. The van der Waals surface area contributed by atoms with E-state index < -0.39 is 7.37 Å². The lowest BCUT2D eigenvalue weighted by atomic mass is 10.1. The van der Waals surface area contributed by atoms with Crippen LogP contribution in [0.15, 0.2) is 24.3 Å². The zero-order chi connectivity index (χ0) is 12.1. The van der Waals surface area contributed by atoms with Gasteiger partial charge in [-0.15, -0.1) is 0 Å². The predicted octanol–water partition coefficient (Wildman–Crippen LogP) is 4.52. The van der Waals surface area contributed by atoms with E-state index in [1.54, 1.807) is 0 Å². The normalized spacial score (nSPS) is 32.3. The van der Waals surface area contributed by atoms with E-state index in [4.69, 9.17) is 4.52 Å². The summed E-state index contributed by atoms with van der Waals surface area (Å²) in [6.45, 7) is 2.51. The van der Waals surface area contributed by atoms with Crippen LogP contribution in [0.5, 0.6) is 0 Å². The van der Waals surface area contributed by atoms with Crippen molar-refractivity contribution in [2.45, 2.75) is 56.8 Å². The molecular formula is C14H23O2P. The molecule has 0 bridgehead atoms. The van der Waals surface area contributed by atoms with Crippen molar-refractivity contribution in [3.63, 3.8) is 0 Å². The van der Waals surface area contributed by atoms with Crippen LogP contribution < -0.4 is 0 Å². The number of hydrogen-bond donors (Lipinski definition) is 0. The van der Waals surface area contributed by atoms with Gasteiger partial charge in [-0.25, -0.2) is 0 Å². The molecule has 0 saturated carbocycles. The molecule has 0 N–H and O–H groups in total. The Morgan fingerprint density at radius 3 is 2.00 bits per heavy atom. The van der Waals surface area contributed by atoms with Crippen molar-refractivity contribution in [2.75, 3.05) is 6.61 Å². The van der Waals surface area contributed by atoms with Gasteiger partial charge in [-0.3, -0.25) is 4.57 Å². The number of rotatable bonds is 4. The third kappa shape index (κ3) is 2.92. The summed E-state index contributed by atoms with van der Waals surface area (Å²) in [6, 6.07) is 0. The van der Waals surface area contributed by atoms with Gasteiger partial charge >= 0.3 is 0 Å². The quantitative estimate of drug-likeness (QED) is 0.544. The van der Waals surface area contributed by atoms with Gasteiger partial charge in [0.2, 0.25) is 7.37 Å². The van der Waals surface area contributed by atoms with Crippen molar-refractivity contribution in [1.82, 2.24) is 0 Å². The Balaban J connectivity index is 2.20. The van der Waals surface area contributed by atoms with E-state index in [0.717, 1.165) is 38.5 Å². The lowest BCUT2D eigenvalue weighted by molar-refractivity contribution is 0.319. The molecule has 0 spiro atoms. The highest BCUT2D eigenvalue weighted by Gasteiger charge is 2.39. The Kier molecular flexibility index (Phi) is 4.64. The Hall–Kier alpha value is -0.330. The summed E-state index contributed by atoms with van der Waals surface area (Å²) in [5.41, 5.74) is 0.313. The SMILES string of the molecule is CCOP(=O)(C1C=CCCC1)C1C=CCCC1. The Bertz CT molecular complexity index is 318. The molecule has 0 saturated heterocycles. The maximum atomic E-state index is 13.2. The van der Waals surface area contributed by atoms with Gasteiger partial charge in [0.1, 0.15) is 0 Å². The molecule has 3 heteroatoms. The summed E-state index contributed by atoms with van der Waals surface area (Å²) in [7, 11) is -2.54. The van der Waals surface area contributed by atoms with E-state index in [9.17, 15) is 4.57 Å². The average molecular weight is 254 g/mol. The minimum Gasteiger partial charge on any atom is -0.328 e. The van der Waals surface area contributed by atoms with Crippen molar-refractivity contribution in [1.29, 1.82) is 0 Å². The van der Waals surface area contributed by atoms with E-state index in [1.807, 2.05) is 6.92 Å². The van der Waals surface area contributed by atoms with E-state index in [0.29, 0.717) is 6.61 Å². The van der Waals surface area contributed by atoms with Gasteiger partial charge in [0.05, 0.1) is 17.9 Å². The maximum Gasteiger partial charge on any atom is 0.216 e. The van der Waals surface area contributed by atoms with Crippen LogP contribution in [0.2, 0.25) is 0 Å². The molecule has 0 heterocycles. The fourth-order valence-electron chi connectivity index (χ4n) is 2.83. The summed E-state index contributed by atoms with van der Waals surface area (Å²) < 4.78 is 19.0. The van der Waals surface area contributed by atoms with Crippen LogP contribution in [-0.4, -0.2) is 17.9 Å². The topological polar surface area (TPSA) is 26.3 Å². The van der Waals surface area contributed by atoms with Crippen LogP contribution in [0.1, 0.15) is 45.4 Å². The minimum absolute atomic E-state index is 0.156. The van der Waals surface area contributed by atoms with Crippen molar-refractivity contribution >= 4 is 7.37 Å². The first-order chi connectivity index (χ1) is 8.27. The number of hydrogen-bond acceptors (Lipinski definition) is 2. The molecule has 0 fully saturated rings. The third-order valence-corrected chi connectivity index (χ3v) is 7.08. The molecule has 2 nitrogen and oxygen atoms in total. The van der Waals surface area contributed by atoms with Gasteiger partial charge in [-0.2, -0.15) is 0 Å². The van der Waals surface area contributed by atoms with Crippen LogP contribution in [0, 0.1) is 0 Å². The summed E-state index contributed by atoms with van der Waals surface area (Å²) in [6.07, 6.45) is 15.2. The molecule has 2 aliphatic carbocycles. The lowest BCUT2D eigenvalue weighted by Gasteiger charge is -2.33. The molecule has 0 aromatic carbocycles. The molecule has 2 unspecified atom stereocenters. The lowest BCUT2D eigenvalue weighted by Crippen LogP contribution is -2.21. The Morgan fingerprint density at radius 2 is 1.65 bits per heavy atom.